The van der Waals surface area contributed by atoms with Crippen LogP contribution in [0.5, 0.6) is 0 Å². The standard InChI is InChI=1S/C42H27N3O/c1-3-13-28(14-4-1)32-18-8-9-19-33(32)36-27-37(41-26-29-15-7-12-22-40(29)46-41)44-42(43-36)30-23-24-39-35(25-30)34-20-10-11-21-38(34)45(39)31-16-5-2-6-17-31/h1-27H. The number of nitrogens with zero attached hydrogens (tertiary/aromatic N) is 3. The van der Waals surface area contributed by atoms with Crippen molar-refractivity contribution >= 4 is 32.8 Å². The Bertz CT molecular complexity index is 2490. The molecule has 0 aliphatic heterocycles. The van der Waals surface area contributed by atoms with E-state index in [-0.39, 0.29) is 0 Å². The number of para-hydroxylation sites is 3. The van der Waals surface area contributed by atoms with Crippen LogP contribution >= 0.6 is 0 Å². The number of hydrogen-bond acceptors (Lipinski definition) is 3. The van der Waals surface area contributed by atoms with E-state index < -0.39 is 0 Å². The molecule has 0 spiro atoms. The average molecular weight is 590 g/mol. The van der Waals surface area contributed by atoms with Crippen molar-refractivity contribution in [2.75, 3.05) is 0 Å². The van der Waals surface area contributed by atoms with E-state index in [0.717, 1.165) is 66.7 Å². The third-order valence-corrected chi connectivity index (χ3v) is 8.64. The van der Waals surface area contributed by atoms with Gasteiger partial charge in [0.15, 0.2) is 11.6 Å². The molecule has 3 aromatic heterocycles. The molecular weight excluding hydrogens is 562 g/mol. The van der Waals surface area contributed by atoms with Crippen molar-refractivity contribution in [3.05, 3.63) is 164 Å². The number of fused-ring (bicyclic) bond motifs is 4. The van der Waals surface area contributed by atoms with Crippen molar-refractivity contribution in [3.8, 4) is 50.9 Å². The number of hydrogen-bond donors (Lipinski definition) is 0. The lowest BCUT2D eigenvalue weighted by molar-refractivity contribution is 0.628. The van der Waals surface area contributed by atoms with Crippen LogP contribution in [0.4, 0.5) is 0 Å². The molecule has 9 aromatic rings. The average Bonchev–Trinajstić information content (AvgIpc) is 3.72. The first-order valence-electron chi connectivity index (χ1n) is 15.4. The number of furan rings is 1. The molecule has 0 unspecified atom stereocenters. The summed E-state index contributed by atoms with van der Waals surface area (Å²) in [5.41, 5.74) is 10.1. The molecule has 4 nitrogen and oxygen atoms in total. The second-order valence-corrected chi connectivity index (χ2v) is 11.4. The summed E-state index contributed by atoms with van der Waals surface area (Å²) in [6.07, 6.45) is 0. The molecule has 46 heavy (non-hydrogen) atoms. The largest absolute Gasteiger partial charge is 0.454 e. The molecule has 0 bridgehead atoms. The SMILES string of the molecule is c1ccc(-c2ccccc2-c2cc(-c3cc4ccccc4o3)nc(-c3ccc4c(c3)c3ccccc3n4-c3ccccc3)n2)cc1. The summed E-state index contributed by atoms with van der Waals surface area (Å²) in [7, 11) is 0. The zero-order valence-corrected chi connectivity index (χ0v) is 24.8. The van der Waals surface area contributed by atoms with Gasteiger partial charge in [0.1, 0.15) is 11.3 Å². The Labute approximate surface area is 265 Å². The van der Waals surface area contributed by atoms with E-state index >= 15 is 0 Å². The molecule has 0 N–H and O–H groups in total. The van der Waals surface area contributed by atoms with Crippen molar-refractivity contribution in [3.63, 3.8) is 0 Å². The van der Waals surface area contributed by atoms with E-state index in [0.29, 0.717) is 11.6 Å². The molecule has 0 saturated carbocycles. The van der Waals surface area contributed by atoms with Crippen molar-refractivity contribution in [2.24, 2.45) is 0 Å². The van der Waals surface area contributed by atoms with Crippen LogP contribution in [-0.4, -0.2) is 14.5 Å². The Morgan fingerprint density at radius 2 is 1.13 bits per heavy atom. The van der Waals surface area contributed by atoms with Gasteiger partial charge in [-0.05, 0) is 65.7 Å². The maximum Gasteiger partial charge on any atom is 0.160 e. The van der Waals surface area contributed by atoms with E-state index in [1.54, 1.807) is 0 Å². The Morgan fingerprint density at radius 1 is 0.457 bits per heavy atom. The van der Waals surface area contributed by atoms with Gasteiger partial charge in [-0.25, -0.2) is 9.97 Å². The molecule has 0 aliphatic rings. The first-order chi connectivity index (χ1) is 22.8. The van der Waals surface area contributed by atoms with Gasteiger partial charge in [0.05, 0.1) is 16.7 Å². The molecule has 0 fully saturated rings. The Kier molecular flexibility index (Phi) is 6.10. The molecule has 216 valence electrons. The van der Waals surface area contributed by atoms with Crippen LogP contribution in [0.2, 0.25) is 0 Å². The highest BCUT2D eigenvalue weighted by atomic mass is 16.3. The van der Waals surface area contributed by atoms with Gasteiger partial charge in [-0.3, -0.25) is 0 Å². The van der Waals surface area contributed by atoms with Gasteiger partial charge < -0.3 is 8.98 Å². The van der Waals surface area contributed by atoms with Gasteiger partial charge in [-0.2, -0.15) is 0 Å². The summed E-state index contributed by atoms with van der Waals surface area (Å²) >= 11 is 0. The van der Waals surface area contributed by atoms with Crippen LogP contribution in [0, 0.1) is 0 Å². The van der Waals surface area contributed by atoms with Gasteiger partial charge in [-0.15, -0.1) is 0 Å². The summed E-state index contributed by atoms with van der Waals surface area (Å²) in [4.78, 5) is 10.4. The van der Waals surface area contributed by atoms with Crippen molar-refractivity contribution < 1.29 is 4.42 Å². The fourth-order valence-corrected chi connectivity index (χ4v) is 6.49. The Hall–Kier alpha value is -6.26. The summed E-state index contributed by atoms with van der Waals surface area (Å²) in [6, 6.07) is 56.7. The topological polar surface area (TPSA) is 43.9 Å². The highest BCUT2D eigenvalue weighted by Crippen LogP contribution is 2.38. The maximum atomic E-state index is 6.34. The highest BCUT2D eigenvalue weighted by molar-refractivity contribution is 6.10. The smallest absolute Gasteiger partial charge is 0.160 e. The predicted molar refractivity (Wildman–Crippen MR) is 188 cm³/mol. The van der Waals surface area contributed by atoms with Crippen LogP contribution in [0.1, 0.15) is 0 Å². The van der Waals surface area contributed by atoms with E-state index in [1.165, 1.54) is 5.39 Å². The van der Waals surface area contributed by atoms with Crippen LogP contribution in [0.3, 0.4) is 0 Å². The Morgan fingerprint density at radius 3 is 1.98 bits per heavy atom. The van der Waals surface area contributed by atoms with Gasteiger partial charge >= 0.3 is 0 Å². The van der Waals surface area contributed by atoms with Crippen LogP contribution in [-0.2, 0) is 0 Å². The lowest BCUT2D eigenvalue weighted by Gasteiger charge is -2.12. The van der Waals surface area contributed by atoms with E-state index in [2.05, 4.69) is 138 Å². The molecule has 0 atom stereocenters. The third-order valence-electron chi connectivity index (χ3n) is 8.64. The predicted octanol–water partition coefficient (Wildman–Crippen LogP) is 11.0. The second kappa shape index (κ2) is 10.7. The van der Waals surface area contributed by atoms with Gasteiger partial charge in [0.2, 0.25) is 0 Å². The number of rotatable bonds is 5. The minimum atomic E-state index is 0.647. The van der Waals surface area contributed by atoms with Crippen molar-refractivity contribution in [1.82, 2.24) is 14.5 Å². The van der Waals surface area contributed by atoms with E-state index in [9.17, 15) is 0 Å². The number of aromatic nitrogens is 3. The van der Waals surface area contributed by atoms with E-state index in [4.69, 9.17) is 14.4 Å². The van der Waals surface area contributed by atoms with Gasteiger partial charge in [-0.1, -0.05) is 109 Å². The first kappa shape index (κ1) is 26.2. The van der Waals surface area contributed by atoms with Crippen molar-refractivity contribution in [2.45, 2.75) is 0 Å². The third kappa shape index (κ3) is 4.39. The minimum absolute atomic E-state index is 0.647. The lowest BCUT2D eigenvalue weighted by Crippen LogP contribution is -1.97. The van der Waals surface area contributed by atoms with Gasteiger partial charge in [0.25, 0.3) is 0 Å². The first-order valence-corrected chi connectivity index (χ1v) is 15.4. The zero-order valence-electron chi connectivity index (χ0n) is 24.8. The monoisotopic (exact) mass is 589 g/mol. The van der Waals surface area contributed by atoms with Crippen LogP contribution < -0.4 is 0 Å². The molecular formula is C42H27N3O. The normalized spacial score (nSPS) is 11.5. The summed E-state index contributed by atoms with van der Waals surface area (Å²) in [5, 5.41) is 3.38. The fourth-order valence-electron chi connectivity index (χ4n) is 6.49. The Balaban J connectivity index is 1.28. The summed E-state index contributed by atoms with van der Waals surface area (Å²) in [6.45, 7) is 0. The molecule has 3 heterocycles. The van der Waals surface area contributed by atoms with Crippen LogP contribution in [0.25, 0.3) is 83.7 Å². The quantitative estimate of drug-likeness (QED) is 0.201. The second-order valence-electron chi connectivity index (χ2n) is 11.4. The highest BCUT2D eigenvalue weighted by Gasteiger charge is 2.18. The molecule has 6 aromatic carbocycles. The van der Waals surface area contributed by atoms with E-state index in [1.807, 2.05) is 30.3 Å². The van der Waals surface area contributed by atoms with Gasteiger partial charge in [0, 0.05) is 33.0 Å². The van der Waals surface area contributed by atoms with Crippen molar-refractivity contribution in [1.29, 1.82) is 0 Å². The number of benzene rings is 6. The zero-order chi connectivity index (χ0) is 30.5. The molecule has 0 aliphatic carbocycles. The molecule has 0 saturated heterocycles. The molecule has 4 heteroatoms. The summed E-state index contributed by atoms with van der Waals surface area (Å²) in [5.74, 6) is 1.36. The minimum Gasteiger partial charge on any atom is -0.454 e. The molecule has 0 radical (unpaired) electrons. The fraction of sp³-hybridized carbons (Fsp3) is 0. The maximum absolute atomic E-state index is 6.34. The summed E-state index contributed by atoms with van der Waals surface area (Å²) < 4.78 is 8.66. The molecule has 0 amide bonds. The lowest BCUT2D eigenvalue weighted by atomic mass is 9.97. The molecule has 9 rings (SSSR count). The van der Waals surface area contributed by atoms with Crippen LogP contribution in [0.15, 0.2) is 168 Å².